The fraction of sp³-hybridized carbons (Fsp3) is 0.308. The minimum absolute atomic E-state index is 0.0157. The van der Waals surface area contributed by atoms with Crippen LogP contribution in [0.2, 0.25) is 0 Å². The summed E-state index contributed by atoms with van der Waals surface area (Å²) in [7, 11) is 1.74. The summed E-state index contributed by atoms with van der Waals surface area (Å²) >= 11 is 0. The summed E-state index contributed by atoms with van der Waals surface area (Å²) in [5, 5.41) is 6.49. The zero-order chi connectivity index (χ0) is 13.8. The summed E-state index contributed by atoms with van der Waals surface area (Å²) < 4.78 is 0. The van der Waals surface area contributed by atoms with Gasteiger partial charge in [-0.15, -0.1) is 0 Å². The van der Waals surface area contributed by atoms with Crippen molar-refractivity contribution in [1.82, 2.24) is 20.1 Å². The average Bonchev–Trinajstić information content (AvgIpc) is 2.89. The van der Waals surface area contributed by atoms with Gasteiger partial charge in [0, 0.05) is 12.7 Å². The van der Waals surface area contributed by atoms with E-state index in [1.807, 2.05) is 25.1 Å². The van der Waals surface area contributed by atoms with E-state index in [1.165, 1.54) is 6.33 Å². The van der Waals surface area contributed by atoms with Crippen LogP contribution in [0.4, 0.5) is 5.69 Å². The predicted octanol–water partition coefficient (Wildman–Crippen LogP) is 1.15. The highest BCUT2D eigenvalue weighted by molar-refractivity contribution is 5.83. The van der Waals surface area contributed by atoms with E-state index in [0.29, 0.717) is 18.1 Å². The Balaban J connectivity index is 2.06. The zero-order valence-corrected chi connectivity index (χ0v) is 11.0. The Labute approximate surface area is 111 Å². The molecule has 0 bridgehead atoms. The SMILES string of the molecule is CC(C(=O)N(C)Cc1ncn[nH]1)c1cccc(N)c1. The molecule has 3 N–H and O–H groups in total. The Hall–Kier alpha value is -2.37. The quantitative estimate of drug-likeness (QED) is 0.806. The number of nitrogens with one attached hydrogen (secondary N) is 1. The first-order valence-electron chi connectivity index (χ1n) is 6.02. The van der Waals surface area contributed by atoms with Crippen molar-refractivity contribution in [2.45, 2.75) is 19.4 Å². The van der Waals surface area contributed by atoms with E-state index in [2.05, 4.69) is 15.2 Å². The molecule has 1 unspecified atom stereocenters. The van der Waals surface area contributed by atoms with E-state index in [0.717, 1.165) is 5.56 Å². The summed E-state index contributed by atoms with van der Waals surface area (Å²) in [6.07, 6.45) is 1.43. The Bertz CT molecular complexity index is 552. The number of carbonyl (C=O) groups is 1. The number of anilines is 1. The first kappa shape index (κ1) is 13.1. The number of hydrogen-bond acceptors (Lipinski definition) is 4. The number of benzene rings is 1. The fourth-order valence-electron chi connectivity index (χ4n) is 1.91. The van der Waals surface area contributed by atoms with Crippen LogP contribution in [-0.4, -0.2) is 33.0 Å². The molecule has 2 aromatic rings. The molecular weight excluding hydrogens is 242 g/mol. The lowest BCUT2D eigenvalue weighted by Gasteiger charge is -2.20. The fourth-order valence-corrected chi connectivity index (χ4v) is 1.91. The lowest BCUT2D eigenvalue weighted by atomic mass is 9.99. The van der Waals surface area contributed by atoms with Gasteiger partial charge in [0.25, 0.3) is 0 Å². The molecule has 0 aliphatic rings. The number of likely N-dealkylation sites (N-methyl/N-ethyl adjacent to an activating group) is 1. The molecule has 6 heteroatoms. The number of aromatic amines is 1. The molecule has 0 fully saturated rings. The van der Waals surface area contributed by atoms with E-state index >= 15 is 0 Å². The van der Waals surface area contributed by atoms with Gasteiger partial charge in [-0.25, -0.2) is 4.98 Å². The summed E-state index contributed by atoms with van der Waals surface area (Å²) in [4.78, 5) is 17.9. The molecule has 1 atom stereocenters. The van der Waals surface area contributed by atoms with Crippen LogP contribution in [0, 0.1) is 0 Å². The van der Waals surface area contributed by atoms with Crippen LogP contribution in [0.3, 0.4) is 0 Å². The normalized spacial score (nSPS) is 12.1. The predicted molar refractivity (Wildman–Crippen MR) is 72.1 cm³/mol. The second-order valence-electron chi connectivity index (χ2n) is 4.52. The smallest absolute Gasteiger partial charge is 0.229 e. The number of hydrogen-bond donors (Lipinski definition) is 2. The molecular formula is C13H17N5O. The molecule has 0 spiro atoms. The zero-order valence-electron chi connectivity index (χ0n) is 11.0. The van der Waals surface area contributed by atoms with Crippen molar-refractivity contribution in [3.8, 4) is 0 Å². The molecule has 1 heterocycles. The van der Waals surface area contributed by atoms with E-state index in [-0.39, 0.29) is 11.8 Å². The monoisotopic (exact) mass is 259 g/mol. The molecule has 2 rings (SSSR count). The molecule has 0 saturated heterocycles. The summed E-state index contributed by atoms with van der Waals surface area (Å²) in [5.74, 6) is 0.439. The molecule has 1 aromatic carbocycles. The van der Waals surface area contributed by atoms with Gasteiger partial charge in [-0.05, 0) is 24.6 Å². The van der Waals surface area contributed by atoms with Gasteiger partial charge in [0.15, 0.2) is 0 Å². The van der Waals surface area contributed by atoms with E-state index in [4.69, 9.17) is 5.73 Å². The van der Waals surface area contributed by atoms with Gasteiger partial charge in [-0.2, -0.15) is 5.10 Å². The molecule has 1 amide bonds. The van der Waals surface area contributed by atoms with Crippen molar-refractivity contribution in [3.63, 3.8) is 0 Å². The second kappa shape index (κ2) is 5.51. The number of carbonyl (C=O) groups excluding carboxylic acids is 1. The average molecular weight is 259 g/mol. The van der Waals surface area contributed by atoms with Crippen LogP contribution < -0.4 is 5.73 Å². The molecule has 6 nitrogen and oxygen atoms in total. The molecule has 1 aromatic heterocycles. The van der Waals surface area contributed by atoms with Crippen LogP contribution >= 0.6 is 0 Å². The summed E-state index contributed by atoms with van der Waals surface area (Å²) in [5.41, 5.74) is 7.31. The molecule has 0 aliphatic carbocycles. The highest BCUT2D eigenvalue weighted by Gasteiger charge is 2.20. The first-order valence-corrected chi connectivity index (χ1v) is 6.02. The topological polar surface area (TPSA) is 87.9 Å². The van der Waals surface area contributed by atoms with Gasteiger partial charge in [0.2, 0.25) is 5.91 Å². The van der Waals surface area contributed by atoms with Gasteiger partial charge in [-0.3, -0.25) is 9.89 Å². The largest absolute Gasteiger partial charge is 0.399 e. The third kappa shape index (κ3) is 3.09. The number of nitrogen functional groups attached to an aromatic ring is 1. The van der Waals surface area contributed by atoms with Crippen LogP contribution in [0.25, 0.3) is 0 Å². The number of amides is 1. The van der Waals surface area contributed by atoms with Gasteiger partial charge in [0.1, 0.15) is 12.2 Å². The van der Waals surface area contributed by atoms with E-state index in [9.17, 15) is 4.79 Å². The van der Waals surface area contributed by atoms with Crippen LogP contribution in [0.15, 0.2) is 30.6 Å². The lowest BCUT2D eigenvalue weighted by molar-refractivity contribution is -0.131. The van der Waals surface area contributed by atoms with Crippen molar-refractivity contribution in [1.29, 1.82) is 0 Å². The van der Waals surface area contributed by atoms with Crippen molar-refractivity contribution in [3.05, 3.63) is 42.0 Å². The Morgan fingerprint density at radius 2 is 2.32 bits per heavy atom. The second-order valence-corrected chi connectivity index (χ2v) is 4.52. The Morgan fingerprint density at radius 3 is 2.95 bits per heavy atom. The maximum absolute atomic E-state index is 12.3. The number of H-pyrrole nitrogens is 1. The Kier molecular flexibility index (Phi) is 3.79. The maximum Gasteiger partial charge on any atom is 0.229 e. The van der Waals surface area contributed by atoms with Crippen LogP contribution in [0.1, 0.15) is 24.2 Å². The molecule has 0 saturated carbocycles. The number of rotatable bonds is 4. The standard InChI is InChI=1S/C13H17N5O/c1-9(10-4-3-5-11(14)6-10)13(19)18(2)7-12-15-8-16-17-12/h3-6,8-9H,7,14H2,1-2H3,(H,15,16,17). The minimum atomic E-state index is -0.239. The summed E-state index contributed by atoms with van der Waals surface area (Å²) in [6, 6.07) is 7.38. The highest BCUT2D eigenvalue weighted by atomic mass is 16.2. The third-order valence-corrected chi connectivity index (χ3v) is 3.01. The van der Waals surface area contributed by atoms with Crippen LogP contribution in [-0.2, 0) is 11.3 Å². The number of nitrogens with zero attached hydrogens (tertiary/aromatic N) is 3. The van der Waals surface area contributed by atoms with Crippen molar-refractivity contribution < 1.29 is 4.79 Å². The maximum atomic E-state index is 12.3. The highest BCUT2D eigenvalue weighted by Crippen LogP contribution is 2.20. The van der Waals surface area contributed by atoms with Crippen LogP contribution in [0.5, 0.6) is 0 Å². The number of aromatic nitrogens is 3. The third-order valence-electron chi connectivity index (χ3n) is 3.01. The lowest BCUT2D eigenvalue weighted by Crippen LogP contribution is -2.30. The molecule has 0 aliphatic heterocycles. The van der Waals surface area contributed by atoms with Crippen molar-refractivity contribution in [2.24, 2.45) is 0 Å². The minimum Gasteiger partial charge on any atom is -0.399 e. The molecule has 100 valence electrons. The Morgan fingerprint density at radius 1 is 1.53 bits per heavy atom. The molecule has 19 heavy (non-hydrogen) atoms. The first-order chi connectivity index (χ1) is 9.08. The van der Waals surface area contributed by atoms with Gasteiger partial charge < -0.3 is 10.6 Å². The van der Waals surface area contributed by atoms with Gasteiger partial charge >= 0.3 is 0 Å². The molecule has 0 radical (unpaired) electrons. The number of nitrogens with two attached hydrogens (primary N) is 1. The van der Waals surface area contributed by atoms with Crippen molar-refractivity contribution >= 4 is 11.6 Å². The van der Waals surface area contributed by atoms with Gasteiger partial charge in [-0.1, -0.05) is 12.1 Å². The van der Waals surface area contributed by atoms with E-state index in [1.54, 1.807) is 18.0 Å². The van der Waals surface area contributed by atoms with Crippen molar-refractivity contribution in [2.75, 3.05) is 12.8 Å². The van der Waals surface area contributed by atoms with E-state index < -0.39 is 0 Å². The summed E-state index contributed by atoms with van der Waals surface area (Å²) in [6.45, 7) is 2.28. The van der Waals surface area contributed by atoms with Gasteiger partial charge in [0.05, 0.1) is 12.5 Å².